The lowest BCUT2D eigenvalue weighted by Gasteiger charge is -2.08. The van der Waals surface area contributed by atoms with Crippen LogP contribution < -0.4 is 10.6 Å². The van der Waals surface area contributed by atoms with Crippen molar-refractivity contribution < 1.29 is 19.1 Å². The third-order valence-electron chi connectivity index (χ3n) is 3.61. The number of hydrogen-bond donors (Lipinski definition) is 2. The van der Waals surface area contributed by atoms with Gasteiger partial charge in [-0.25, -0.2) is 0 Å². The van der Waals surface area contributed by atoms with E-state index in [-0.39, 0.29) is 18.9 Å². The molecule has 2 N–H and O–H groups in total. The van der Waals surface area contributed by atoms with Crippen LogP contribution in [0, 0.1) is 11.3 Å². The van der Waals surface area contributed by atoms with Gasteiger partial charge in [0.15, 0.2) is 6.61 Å². The Morgan fingerprint density at radius 3 is 2.36 bits per heavy atom. The van der Waals surface area contributed by atoms with Crippen LogP contribution in [0.2, 0.25) is 5.02 Å². The number of carbonyl (C=O) groups excluding carboxylic acids is 3. The Bertz CT molecular complexity index is 874. The van der Waals surface area contributed by atoms with Crippen molar-refractivity contribution in [2.45, 2.75) is 12.8 Å². The molecule has 0 aliphatic heterocycles. The predicted molar refractivity (Wildman–Crippen MR) is 104 cm³/mol. The van der Waals surface area contributed by atoms with Crippen LogP contribution in [0.25, 0.3) is 0 Å². The second-order valence-electron chi connectivity index (χ2n) is 5.75. The monoisotopic (exact) mass is 399 g/mol. The highest BCUT2D eigenvalue weighted by molar-refractivity contribution is 6.30. The van der Waals surface area contributed by atoms with Gasteiger partial charge in [-0.3, -0.25) is 14.4 Å². The summed E-state index contributed by atoms with van der Waals surface area (Å²) in [5, 5.41) is 14.3. The van der Waals surface area contributed by atoms with Crippen molar-refractivity contribution in [2.75, 3.05) is 18.5 Å². The van der Waals surface area contributed by atoms with Crippen molar-refractivity contribution >= 4 is 35.1 Å². The van der Waals surface area contributed by atoms with E-state index in [1.165, 1.54) is 0 Å². The van der Waals surface area contributed by atoms with Gasteiger partial charge in [-0.05, 0) is 42.0 Å². The Balaban J connectivity index is 1.66. The van der Waals surface area contributed by atoms with Gasteiger partial charge < -0.3 is 15.4 Å². The van der Waals surface area contributed by atoms with E-state index >= 15 is 0 Å². The molecule has 0 aliphatic carbocycles. The smallest absolute Gasteiger partial charge is 0.308 e. The Kier molecular flexibility index (Phi) is 8.00. The fraction of sp³-hybridized carbons (Fsp3) is 0.200. The number of halogens is 1. The van der Waals surface area contributed by atoms with Crippen molar-refractivity contribution in [2.24, 2.45) is 0 Å². The molecule has 28 heavy (non-hydrogen) atoms. The van der Waals surface area contributed by atoms with Gasteiger partial charge in [-0.1, -0.05) is 23.7 Å². The molecule has 2 aromatic rings. The minimum Gasteiger partial charge on any atom is -0.456 e. The number of nitriles is 1. The molecule has 0 bridgehead atoms. The second kappa shape index (κ2) is 10.7. The molecule has 0 aliphatic rings. The first-order valence-corrected chi connectivity index (χ1v) is 8.81. The molecule has 0 atom stereocenters. The Labute approximate surface area is 167 Å². The maximum absolute atomic E-state index is 11.9. The third-order valence-corrected chi connectivity index (χ3v) is 3.86. The average Bonchev–Trinajstić information content (AvgIpc) is 2.68. The molecule has 0 aromatic heterocycles. The van der Waals surface area contributed by atoms with E-state index in [9.17, 15) is 14.4 Å². The number of nitrogens with one attached hydrogen (secondary N) is 2. The summed E-state index contributed by atoms with van der Waals surface area (Å²) in [6, 6.07) is 15.2. The Morgan fingerprint density at radius 2 is 1.71 bits per heavy atom. The molecule has 144 valence electrons. The van der Waals surface area contributed by atoms with Crippen molar-refractivity contribution in [3.05, 3.63) is 64.7 Å². The zero-order chi connectivity index (χ0) is 20.4. The predicted octanol–water partition coefficient (Wildman–Crippen LogP) is 2.71. The molecule has 0 unspecified atom stereocenters. The molecule has 0 radical (unpaired) electrons. The van der Waals surface area contributed by atoms with Crippen molar-refractivity contribution in [3.63, 3.8) is 0 Å². The van der Waals surface area contributed by atoms with E-state index in [4.69, 9.17) is 21.6 Å². The number of benzene rings is 2. The standard InChI is InChI=1S/C20H18ClN3O4/c21-16-5-3-15(4-6-16)20(27)23-12-10-19(26)28-13-18(25)24-17-7-1-14(2-8-17)9-11-22/h1-8H,9-10,12-13H2,(H,23,27)(H,24,25). The fourth-order valence-corrected chi connectivity index (χ4v) is 2.32. The summed E-state index contributed by atoms with van der Waals surface area (Å²) >= 11 is 5.76. The SMILES string of the molecule is N#CCc1ccc(NC(=O)COC(=O)CCNC(=O)c2ccc(Cl)cc2)cc1. The maximum atomic E-state index is 11.9. The quantitative estimate of drug-likeness (QED) is 0.663. The van der Waals surface area contributed by atoms with Gasteiger partial charge in [0, 0.05) is 22.8 Å². The number of carbonyl (C=O) groups is 3. The number of hydrogen-bond acceptors (Lipinski definition) is 5. The van der Waals surface area contributed by atoms with Crippen LogP contribution in [0.5, 0.6) is 0 Å². The molecule has 0 spiro atoms. The van der Waals surface area contributed by atoms with Gasteiger partial charge >= 0.3 is 5.97 Å². The van der Waals surface area contributed by atoms with E-state index in [2.05, 4.69) is 10.6 Å². The number of ether oxygens (including phenoxy) is 1. The van der Waals surface area contributed by atoms with Crippen molar-refractivity contribution in [1.29, 1.82) is 5.26 Å². The van der Waals surface area contributed by atoms with Crippen LogP contribution in [0.15, 0.2) is 48.5 Å². The van der Waals surface area contributed by atoms with Gasteiger partial charge in [-0.15, -0.1) is 0 Å². The molecule has 2 amide bonds. The molecule has 0 saturated carbocycles. The lowest BCUT2D eigenvalue weighted by molar-refractivity contribution is -0.147. The number of anilines is 1. The van der Waals surface area contributed by atoms with E-state index in [0.717, 1.165) is 5.56 Å². The molecule has 8 heteroatoms. The van der Waals surface area contributed by atoms with Crippen LogP contribution in [0.3, 0.4) is 0 Å². The minimum absolute atomic E-state index is 0.0601. The van der Waals surface area contributed by atoms with Gasteiger partial charge in [0.1, 0.15) is 0 Å². The summed E-state index contributed by atoms with van der Waals surface area (Å²) in [5.41, 5.74) is 1.81. The van der Waals surface area contributed by atoms with Gasteiger partial charge in [0.05, 0.1) is 18.9 Å². The number of esters is 1. The molecule has 0 heterocycles. The van der Waals surface area contributed by atoms with Crippen molar-refractivity contribution in [3.8, 4) is 6.07 Å². The zero-order valence-electron chi connectivity index (χ0n) is 14.9. The Hall–Kier alpha value is -3.37. The van der Waals surface area contributed by atoms with E-state index < -0.39 is 18.5 Å². The van der Waals surface area contributed by atoms with E-state index in [1.54, 1.807) is 48.5 Å². The summed E-state index contributed by atoms with van der Waals surface area (Å²) < 4.78 is 4.88. The lowest BCUT2D eigenvalue weighted by atomic mass is 10.1. The number of nitrogens with zero attached hydrogens (tertiary/aromatic N) is 1. The zero-order valence-corrected chi connectivity index (χ0v) is 15.7. The van der Waals surface area contributed by atoms with Crippen LogP contribution in [0.1, 0.15) is 22.3 Å². The molecule has 0 fully saturated rings. The summed E-state index contributed by atoms with van der Waals surface area (Å²) in [5.74, 6) is -1.41. The first kappa shape index (κ1) is 20.9. The van der Waals surface area contributed by atoms with Crippen LogP contribution >= 0.6 is 11.6 Å². The van der Waals surface area contributed by atoms with Gasteiger partial charge in [0.2, 0.25) is 0 Å². The highest BCUT2D eigenvalue weighted by Crippen LogP contribution is 2.10. The highest BCUT2D eigenvalue weighted by Gasteiger charge is 2.10. The molecule has 0 saturated heterocycles. The fourth-order valence-electron chi connectivity index (χ4n) is 2.19. The largest absolute Gasteiger partial charge is 0.456 e. The normalized spacial score (nSPS) is 9.86. The number of rotatable bonds is 8. The van der Waals surface area contributed by atoms with Crippen LogP contribution in [-0.2, 0) is 20.7 Å². The molecular formula is C20H18ClN3O4. The van der Waals surface area contributed by atoms with Gasteiger partial charge in [-0.2, -0.15) is 5.26 Å². The van der Waals surface area contributed by atoms with E-state index in [0.29, 0.717) is 22.7 Å². The molecular weight excluding hydrogens is 382 g/mol. The van der Waals surface area contributed by atoms with Crippen LogP contribution in [-0.4, -0.2) is 30.9 Å². The molecule has 2 aromatic carbocycles. The molecule has 7 nitrogen and oxygen atoms in total. The number of amides is 2. The lowest BCUT2D eigenvalue weighted by Crippen LogP contribution is -2.27. The third kappa shape index (κ3) is 7.09. The first-order valence-electron chi connectivity index (χ1n) is 8.43. The summed E-state index contributed by atoms with van der Waals surface area (Å²) in [4.78, 5) is 35.4. The maximum Gasteiger partial charge on any atom is 0.308 e. The van der Waals surface area contributed by atoms with Crippen molar-refractivity contribution in [1.82, 2.24) is 5.32 Å². The second-order valence-corrected chi connectivity index (χ2v) is 6.19. The van der Waals surface area contributed by atoms with Gasteiger partial charge in [0.25, 0.3) is 11.8 Å². The van der Waals surface area contributed by atoms with Crippen LogP contribution in [0.4, 0.5) is 5.69 Å². The van der Waals surface area contributed by atoms with E-state index in [1.807, 2.05) is 6.07 Å². The Morgan fingerprint density at radius 1 is 1.04 bits per heavy atom. The average molecular weight is 400 g/mol. The first-order chi connectivity index (χ1) is 13.5. The minimum atomic E-state index is -0.601. The molecule has 2 rings (SSSR count). The highest BCUT2D eigenvalue weighted by atomic mass is 35.5. The summed E-state index contributed by atoms with van der Waals surface area (Å²) in [7, 11) is 0. The topological polar surface area (TPSA) is 108 Å². The summed E-state index contributed by atoms with van der Waals surface area (Å²) in [6.45, 7) is -0.341. The summed E-state index contributed by atoms with van der Waals surface area (Å²) in [6.07, 6.45) is 0.232.